The van der Waals surface area contributed by atoms with Gasteiger partial charge in [0.25, 0.3) is 0 Å². The Morgan fingerprint density at radius 3 is 1.25 bits per heavy atom. The molecule has 0 radical (unpaired) electrons. The van der Waals surface area contributed by atoms with Crippen LogP contribution >= 0.6 is 0 Å². The van der Waals surface area contributed by atoms with Crippen LogP contribution in [0.5, 0.6) is 0 Å². The molecule has 2 heterocycles. The number of nitrogens with zero attached hydrogens (tertiary/aromatic N) is 3. The largest absolute Gasteiger partial charge is 0.208 e. The molecule has 11 rings (SSSR count). The van der Waals surface area contributed by atoms with Gasteiger partial charge in [0.15, 0.2) is 17.5 Å². The summed E-state index contributed by atoms with van der Waals surface area (Å²) in [5.74, 6) is 1.92. The molecule has 0 atom stereocenters. The van der Waals surface area contributed by atoms with E-state index in [2.05, 4.69) is 201 Å². The first-order valence-electron chi connectivity index (χ1n) is 20.3. The van der Waals surface area contributed by atoms with Crippen molar-refractivity contribution in [2.45, 2.75) is 13.1 Å². The molecule has 0 bridgehead atoms. The van der Waals surface area contributed by atoms with E-state index in [1.54, 1.807) is 0 Å². The Morgan fingerprint density at radius 1 is 0.305 bits per heavy atom. The molecule has 0 spiro atoms. The summed E-state index contributed by atoms with van der Waals surface area (Å²) in [6, 6.07) is 71.7. The van der Waals surface area contributed by atoms with Crippen LogP contribution in [0.15, 0.2) is 200 Å². The van der Waals surface area contributed by atoms with Crippen molar-refractivity contribution in [3.8, 4) is 78.7 Å². The molecule has 0 saturated heterocycles. The number of hydrogen-bond donors (Lipinski definition) is 0. The van der Waals surface area contributed by atoms with Gasteiger partial charge < -0.3 is 0 Å². The highest BCUT2D eigenvalue weighted by Crippen LogP contribution is 2.45. The molecule has 3 nitrogen and oxygen atoms in total. The van der Waals surface area contributed by atoms with Gasteiger partial charge in [0, 0.05) is 16.7 Å². The van der Waals surface area contributed by atoms with Gasteiger partial charge in [-0.25, -0.2) is 15.0 Å². The Labute approximate surface area is 345 Å². The third-order valence-electron chi connectivity index (χ3n) is 12.1. The third-order valence-corrected chi connectivity index (χ3v) is 15.7. The van der Waals surface area contributed by atoms with E-state index in [0.717, 1.165) is 49.7 Å². The molecule has 1 aliphatic rings. The van der Waals surface area contributed by atoms with E-state index in [-0.39, 0.29) is 0 Å². The molecular weight excluding hydrogens is 731 g/mol. The first kappa shape index (κ1) is 34.9. The van der Waals surface area contributed by atoms with Crippen molar-refractivity contribution in [2.24, 2.45) is 0 Å². The van der Waals surface area contributed by atoms with Crippen molar-refractivity contribution in [2.75, 3.05) is 0 Å². The highest BCUT2D eigenvalue weighted by Gasteiger charge is 2.39. The van der Waals surface area contributed by atoms with Crippen molar-refractivity contribution in [1.82, 2.24) is 15.0 Å². The highest BCUT2D eigenvalue weighted by molar-refractivity contribution is 7.04. The molecule has 0 fully saturated rings. The predicted octanol–water partition coefficient (Wildman–Crippen LogP) is 13.0. The van der Waals surface area contributed by atoms with Crippen molar-refractivity contribution >= 4 is 40.0 Å². The molecule has 0 saturated carbocycles. The summed E-state index contributed by atoms with van der Waals surface area (Å²) in [4.78, 5) is 16.1. The number of fused-ring (bicyclic) bond motifs is 5. The zero-order valence-corrected chi connectivity index (χ0v) is 33.9. The Bertz CT molecular complexity index is 3090. The van der Waals surface area contributed by atoms with Crippen LogP contribution in [0.3, 0.4) is 0 Å². The monoisotopic (exact) mass is 769 g/mol. The molecule has 1 aliphatic heterocycles. The number of benzene rings is 9. The van der Waals surface area contributed by atoms with Crippen LogP contribution in [-0.4, -0.2) is 23.0 Å². The second-order valence-electron chi connectivity index (χ2n) is 15.9. The fraction of sp³-hybridized carbons (Fsp3) is 0.0364. The van der Waals surface area contributed by atoms with Crippen LogP contribution in [0, 0.1) is 0 Å². The predicted molar refractivity (Wildman–Crippen MR) is 250 cm³/mol. The van der Waals surface area contributed by atoms with Crippen LogP contribution in [0.4, 0.5) is 0 Å². The van der Waals surface area contributed by atoms with Crippen LogP contribution in [0.1, 0.15) is 0 Å². The Hall–Kier alpha value is -7.27. The van der Waals surface area contributed by atoms with Gasteiger partial charge in [0.1, 0.15) is 8.07 Å². The SMILES string of the molecule is C[Si]1(C)c2ccccc2-c2cccc(-c3c4ccccc4c(-c4nc(-c5cccc(-c6ccccc6)c5)nc(-c5cccc(-c6ccccc6)c5)n4)c4ccccc34)c21. The quantitative estimate of drug-likeness (QED) is 0.125. The molecule has 10 aromatic rings. The Kier molecular flexibility index (Phi) is 8.28. The topological polar surface area (TPSA) is 38.7 Å². The van der Waals surface area contributed by atoms with Crippen molar-refractivity contribution in [3.05, 3.63) is 200 Å². The third kappa shape index (κ3) is 5.83. The summed E-state index contributed by atoms with van der Waals surface area (Å²) in [5.41, 5.74) is 12.7. The van der Waals surface area contributed by atoms with Crippen LogP contribution < -0.4 is 10.4 Å². The van der Waals surface area contributed by atoms with E-state index in [4.69, 9.17) is 15.0 Å². The summed E-state index contributed by atoms with van der Waals surface area (Å²) >= 11 is 0. The maximum absolute atomic E-state index is 5.41. The lowest BCUT2D eigenvalue weighted by molar-refractivity contribution is 1.08. The lowest BCUT2D eigenvalue weighted by Crippen LogP contribution is -2.50. The van der Waals surface area contributed by atoms with E-state index in [1.165, 1.54) is 43.4 Å². The van der Waals surface area contributed by atoms with E-state index in [1.807, 2.05) is 12.1 Å². The first-order valence-corrected chi connectivity index (χ1v) is 23.3. The second kappa shape index (κ2) is 14.0. The zero-order chi connectivity index (χ0) is 39.5. The molecular formula is C55H39N3Si. The second-order valence-corrected chi connectivity index (χ2v) is 20.2. The molecule has 0 N–H and O–H groups in total. The fourth-order valence-electron chi connectivity index (χ4n) is 9.40. The lowest BCUT2D eigenvalue weighted by atomic mass is 9.87. The Balaban J connectivity index is 1.18. The summed E-state index contributed by atoms with van der Waals surface area (Å²) in [5, 5.41) is 7.63. The van der Waals surface area contributed by atoms with Crippen LogP contribution in [0.2, 0.25) is 13.1 Å². The average Bonchev–Trinajstić information content (AvgIpc) is 3.54. The van der Waals surface area contributed by atoms with Gasteiger partial charge in [-0.15, -0.1) is 0 Å². The van der Waals surface area contributed by atoms with Crippen molar-refractivity contribution in [3.63, 3.8) is 0 Å². The minimum absolute atomic E-state index is 0.636. The summed E-state index contributed by atoms with van der Waals surface area (Å²) in [6.07, 6.45) is 0. The van der Waals surface area contributed by atoms with E-state index < -0.39 is 8.07 Å². The maximum Gasteiger partial charge on any atom is 0.165 e. The van der Waals surface area contributed by atoms with Gasteiger partial charge in [-0.05, 0) is 88.6 Å². The van der Waals surface area contributed by atoms with Gasteiger partial charge >= 0.3 is 0 Å². The highest BCUT2D eigenvalue weighted by atomic mass is 28.3. The van der Waals surface area contributed by atoms with Gasteiger partial charge in [0.05, 0.1) is 0 Å². The van der Waals surface area contributed by atoms with E-state index in [9.17, 15) is 0 Å². The smallest absolute Gasteiger partial charge is 0.165 e. The molecule has 278 valence electrons. The minimum Gasteiger partial charge on any atom is -0.208 e. The lowest BCUT2D eigenvalue weighted by Gasteiger charge is -2.24. The summed E-state index contributed by atoms with van der Waals surface area (Å²) in [6.45, 7) is 5.01. The van der Waals surface area contributed by atoms with Gasteiger partial charge in [-0.2, -0.15) is 0 Å². The molecule has 0 aliphatic carbocycles. The normalized spacial score (nSPS) is 12.7. The van der Waals surface area contributed by atoms with Gasteiger partial charge in [-0.1, -0.05) is 201 Å². The first-order chi connectivity index (χ1) is 29.0. The molecule has 9 aromatic carbocycles. The Morgan fingerprint density at radius 2 is 0.695 bits per heavy atom. The van der Waals surface area contributed by atoms with Crippen molar-refractivity contribution in [1.29, 1.82) is 0 Å². The van der Waals surface area contributed by atoms with Crippen molar-refractivity contribution < 1.29 is 0 Å². The number of hydrogen-bond acceptors (Lipinski definition) is 3. The molecule has 4 heteroatoms. The van der Waals surface area contributed by atoms with Crippen LogP contribution in [0.25, 0.3) is 100 Å². The standard InChI is InChI=1S/C55H39N3Si/c1-59(2)49-33-14-13-26-42(49)47-31-17-32-48(52(47)59)50-43-27-9-11-29-45(43)51(46-30-12-10-28-44(46)50)55-57-53(40-24-15-22-38(34-40)36-18-5-3-6-19-36)56-54(58-55)41-25-16-23-39(35-41)37-20-7-4-8-21-37/h3-35H,1-2H3. The maximum atomic E-state index is 5.41. The van der Waals surface area contributed by atoms with Gasteiger partial charge in [0.2, 0.25) is 0 Å². The molecule has 0 amide bonds. The minimum atomic E-state index is -2.04. The summed E-state index contributed by atoms with van der Waals surface area (Å²) < 4.78 is 0. The number of aromatic nitrogens is 3. The average molecular weight is 770 g/mol. The zero-order valence-electron chi connectivity index (χ0n) is 32.9. The molecule has 59 heavy (non-hydrogen) atoms. The fourth-order valence-corrected chi connectivity index (χ4v) is 12.8. The van der Waals surface area contributed by atoms with E-state index in [0.29, 0.717) is 17.5 Å². The van der Waals surface area contributed by atoms with E-state index >= 15 is 0 Å². The molecule has 0 unspecified atom stereocenters. The van der Waals surface area contributed by atoms with Gasteiger partial charge in [-0.3, -0.25) is 0 Å². The summed E-state index contributed by atoms with van der Waals surface area (Å²) in [7, 11) is -2.04. The molecule has 1 aromatic heterocycles. The number of rotatable bonds is 6. The van der Waals surface area contributed by atoms with Crippen LogP contribution in [-0.2, 0) is 0 Å².